The van der Waals surface area contributed by atoms with Gasteiger partial charge in [-0.2, -0.15) is 0 Å². The molecule has 2 fully saturated rings. The van der Waals surface area contributed by atoms with E-state index < -0.39 is 18.0 Å². The van der Waals surface area contributed by atoms with Gasteiger partial charge in [0.2, 0.25) is 5.91 Å². The van der Waals surface area contributed by atoms with E-state index in [2.05, 4.69) is 11.5 Å². The van der Waals surface area contributed by atoms with Crippen LogP contribution in [0.4, 0.5) is 0 Å². The molecule has 0 spiro atoms. The lowest BCUT2D eigenvalue weighted by atomic mass is 9.90. The Balaban J connectivity index is 1.72. The zero-order valence-corrected chi connectivity index (χ0v) is 15.2. The number of carboxylic acids is 1. The van der Waals surface area contributed by atoms with Crippen molar-refractivity contribution in [3.63, 3.8) is 0 Å². The van der Waals surface area contributed by atoms with Crippen molar-refractivity contribution in [3.8, 4) is 0 Å². The van der Waals surface area contributed by atoms with Gasteiger partial charge in [0, 0.05) is 18.3 Å². The van der Waals surface area contributed by atoms with Crippen LogP contribution in [0.15, 0.2) is 22.6 Å². The summed E-state index contributed by atoms with van der Waals surface area (Å²) >= 11 is 2.98. The number of aliphatic hydroxyl groups excluding tert-OH is 1. The second kappa shape index (κ2) is 7.11. The number of hydrogen-bond acceptors (Lipinski definition) is 6. The van der Waals surface area contributed by atoms with Gasteiger partial charge >= 0.3 is 5.97 Å². The molecule has 132 valence electrons. The van der Waals surface area contributed by atoms with Crippen LogP contribution in [0.1, 0.15) is 19.8 Å². The number of thioether (sulfide) groups is 2. The largest absolute Gasteiger partial charge is 0.477 e. The summed E-state index contributed by atoms with van der Waals surface area (Å²) < 4.78 is 0.706. The van der Waals surface area contributed by atoms with Crippen LogP contribution in [-0.4, -0.2) is 68.3 Å². The molecule has 3 aliphatic rings. The van der Waals surface area contributed by atoms with Crippen LogP contribution in [0, 0.1) is 5.92 Å². The van der Waals surface area contributed by atoms with Gasteiger partial charge in [-0.05, 0) is 19.4 Å². The number of β-lactam (4-membered cyclic amide) rings is 1. The van der Waals surface area contributed by atoms with Crippen LogP contribution >= 0.6 is 23.5 Å². The molecule has 0 radical (unpaired) electrons. The lowest BCUT2D eigenvalue weighted by molar-refractivity contribution is -0.157. The van der Waals surface area contributed by atoms with Gasteiger partial charge in [0.05, 0.1) is 16.3 Å². The highest BCUT2D eigenvalue weighted by molar-refractivity contribution is 8.23. The highest BCUT2D eigenvalue weighted by Gasteiger charge is 2.58. The van der Waals surface area contributed by atoms with E-state index in [9.17, 15) is 19.8 Å². The summed E-state index contributed by atoms with van der Waals surface area (Å²) in [6.45, 7) is 8.29. The third kappa shape index (κ3) is 3.00. The predicted octanol–water partition coefficient (Wildman–Crippen LogP) is 1.54. The van der Waals surface area contributed by atoms with Gasteiger partial charge in [-0.3, -0.25) is 14.6 Å². The van der Waals surface area contributed by atoms with Gasteiger partial charge in [-0.1, -0.05) is 24.8 Å². The number of aliphatic carboxylic acids is 1. The Morgan fingerprint density at radius 1 is 1.58 bits per heavy atom. The lowest BCUT2D eigenvalue weighted by Crippen LogP contribution is -2.61. The predicted molar refractivity (Wildman–Crippen MR) is 95.3 cm³/mol. The van der Waals surface area contributed by atoms with Crippen LogP contribution in [-0.2, 0) is 9.59 Å². The molecule has 0 aromatic carbocycles. The molecular formula is C16H22N2O4S2. The molecule has 0 saturated carbocycles. The van der Waals surface area contributed by atoms with E-state index in [0.29, 0.717) is 15.9 Å². The Kier molecular flexibility index (Phi) is 5.29. The molecule has 2 N–H and O–H groups in total. The normalized spacial score (nSPS) is 31.2. The second-order valence-corrected chi connectivity index (χ2v) is 8.93. The zero-order chi connectivity index (χ0) is 17.4. The first-order valence-electron chi connectivity index (χ1n) is 8.13. The first-order chi connectivity index (χ1) is 11.5. The summed E-state index contributed by atoms with van der Waals surface area (Å²) in [4.78, 5) is 27.6. The summed E-state index contributed by atoms with van der Waals surface area (Å²) in [5, 5.41) is 19.6. The Labute approximate surface area is 149 Å². The van der Waals surface area contributed by atoms with Crippen LogP contribution in [0.5, 0.6) is 0 Å². The first kappa shape index (κ1) is 17.8. The van der Waals surface area contributed by atoms with Gasteiger partial charge in [-0.15, -0.1) is 18.3 Å². The zero-order valence-electron chi connectivity index (χ0n) is 13.6. The topological polar surface area (TPSA) is 81.1 Å². The molecule has 1 amide bonds. The van der Waals surface area contributed by atoms with Crippen molar-refractivity contribution >= 4 is 35.4 Å². The molecule has 0 aromatic rings. The van der Waals surface area contributed by atoms with E-state index >= 15 is 0 Å². The number of aliphatic hydroxyl groups is 1. The molecule has 3 heterocycles. The minimum Gasteiger partial charge on any atom is -0.477 e. The molecule has 2 saturated heterocycles. The van der Waals surface area contributed by atoms with Crippen molar-refractivity contribution in [2.75, 3.05) is 19.6 Å². The molecule has 0 unspecified atom stereocenters. The molecule has 24 heavy (non-hydrogen) atoms. The molecule has 0 aliphatic carbocycles. The number of hydrogen-bond donors (Lipinski definition) is 2. The molecule has 3 aliphatic heterocycles. The quantitative estimate of drug-likeness (QED) is 0.520. The van der Waals surface area contributed by atoms with Crippen LogP contribution < -0.4 is 0 Å². The SMILES string of the molecule is C=CCN1CC[C@H](SC2=C(C(=O)O)N3C(=O)[C@@H]([C@@H](O)CC)[C@H]3S2)C1. The number of carbonyl (C=O) groups excluding carboxylic acids is 1. The van der Waals surface area contributed by atoms with Gasteiger partial charge in [0.25, 0.3) is 0 Å². The highest BCUT2D eigenvalue weighted by atomic mass is 32.2. The third-order valence-corrected chi connectivity index (χ3v) is 7.53. The number of carboxylic acid groups (broad SMARTS) is 1. The summed E-state index contributed by atoms with van der Waals surface area (Å²) in [6, 6.07) is 0. The van der Waals surface area contributed by atoms with E-state index in [1.807, 2.05) is 13.0 Å². The van der Waals surface area contributed by atoms with Crippen molar-refractivity contribution in [2.45, 2.75) is 36.5 Å². The molecule has 6 nitrogen and oxygen atoms in total. The van der Waals surface area contributed by atoms with Crippen LogP contribution in [0.25, 0.3) is 0 Å². The smallest absolute Gasteiger partial charge is 0.354 e. The Morgan fingerprint density at radius 2 is 2.33 bits per heavy atom. The molecular weight excluding hydrogens is 348 g/mol. The van der Waals surface area contributed by atoms with E-state index in [1.165, 1.54) is 16.7 Å². The van der Waals surface area contributed by atoms with Crippen molar-refractivity contribution in [3.05, 3.63) is 22.6 Å². The standard InChI is InChI=1S/C16H22N2O4S2/c1-3-6-17-7-5-9(8-17)23-16-12(15(21)22)18-13(20)11(10(19)4-2)14(18)24-16/h3,9-11,14,19H,1,4-8H2,2H3,(H,21,22)/t9-,10-,11+,14+/m0/s1. The molecule has 0 aromatic heterocycles. The Morgan fingerprint density at radius 3 is 2.96 bits per heavy atom. The number of likely N-dealkylation sites (tertiary alicyclic amines) is 1. The fraction of sp³-hybridized carbons (Fsp3) is 0.625. The number of carbonyl (C=O) groups is 2. The summed E-state index contributed by atoms with van der Waals surface area (Å²) in [5.41, 5.74) is 0.0988. The molecule has 3 rings (SSSR count). The average molecular weight is 370 g/mol. The number of amides is 1. The minimum atomic E-state index is -1.06. The highest BCUT2D eigenvalue weighted by Crippen LogP contribution is 2.55. The summed E-state index contributed by atoms with van der Waals surface area (Å²) in [6.07, 6.45) is 2.65. The molecule has 0 bridgehead atoms. The first-order valence-corrected chi connectivity index (χ1v) is 9.89. The van der Waals surface area contributed by atoms with Crippen molar-refractivity contribution in [2.24, 2.45) is 5.92 Å². The molecule has 4 atom stereocenters. The lowest BCUT2D eigenvalue weighted by Gasteiger charge is -2.44. The number of fused-ring (bicyclic) bond motifs is 1. The van der Waals surface area contributed by atoms with Crippen molar-refractivity contribution in [1.29, 1.82) is 0 Å². The molecule has 8 heteroatoms. The fourth-order valence-electron chi connectivity index (χ4n) is 3.39. The van der Waals surface area contributed by atoms with Crippen LogP contribution in [0.2, 0.25) is 0 Å². The Bertz CT molecular complexity index is 595. The second-order valence-electron chi connectivity index (χ2n) is 6.24. The van der Waals surface area contributed by atoms with Crippen molar-refractivity contribution in [1.82, 2.24) is 9.80 Å². The summed E-state index contributed by atoms with van der Waals surface area (Å²) in [5.74, 6) is -1.82. The number of rotatable bonds is 7. The van der Waals surface area contributed by atoms with Gasteiger partial charge in [0.1, 0.15) is 5.37 Å². The minimum absolute atomic E-state index is 0.0988. The maximum atomic E-state index is 12.3. The third-order valence-electron chi connectivity index (χ3n) is 4.67. The maximum absolute atomic E-state index is 12.3. The average Bonchev–Trinajstić information content (AvgIpc) is 3.10. The fourth-order valence-corrected chi connectivity index (χ4v) is 6.70. The van der Waals surface area contributed by atoms with E-state index in [0.717, 1.165) is 26.1 Å². The summed E-state index contributed by atoms with van der Waals surface area (Å²) in [7, 11) is 0. The van der Waals surface area contributed by atoms with Gasteiger partial charge < -0.3 is 10.2 Å². The van der Waals surface area contributed by atoms with Crippen LogP contribution in [0.3, 0.4) is 0 Å². The van der Waals surface area contributed by atoms with E-state index in [1.54, 1.807) is 11.8 Å². The Hall–Kier alpha value is -0.960. The van der Waals surface area contributed by atoms with E-state index in [-0.39, 0.29) is 17.0 Å². The van der Waals surface area contributed by atoms with Gasteiger partial charge in [0.15, 0.2) is 5.70 Å². The van der Waals surface area contributed by atoms with Gasteiger partial charge in [-0.25, -0.2) is 4.79 Å². The van der Waals surface area contributed by atoms with E-state index in [4.69, 9.17) is 0 Å². The number of nitrogens with zero attached hydrogens (tertiary/aromatic N) is 2. The van der Waals surface area contributed by atoms with Crippen molar-refractivity contribution < 1.29 is 19.8 Å². The monoisotopic (exact) mass is 370 g/mol. The maximum Gasteiger partial charge on any atom is 0.354 e.